The summed E-state index contributed by atoms with van der Waals surface area (Å²) in [5.41, 5.74) is 1.06. The number of hydrogen-bond donors (Lipinski definition) is 0. The van der Waals surface area contributed by atoms with Crippen LogP contribution in [0.4, 0.5) is 5.82 Å². The lowest BCUT2D eigenvalue weighted by molar-refractivity contribution is 0.478. The van der Waals surface area contributed by atoms with Gasteiger partial charge in [-0.25, -0.2) is 9.97 Å². The van der Waals surface area contributed by atoms with Crippen molar-refractivity contribution in [2.24, 2.45) is 0 Å². The quantitative estimate of drug-likeness (QED) is 0.807. The van der Waals surface area contributed by atoms with Gasteiger partial charge < -0.3 is 4.90 Å². The minimum atomic E-state index is 0.131. The first-order valence-corrected chi connectivity index (χ1v) is 7.57. The molecule has 0 saturated carbocycles. The highest BCUT2D eigenvalue weighted by Gasteiger charge is 2.27. The maximum absolute atomic E-state index is 8.93. The molecule has 108 valence electrons. The predicted molar refractivity (Wildman–Crippen MR) is 84.6 cm³/mol. The average molecular weight is 301 g/mol. The smallest absolute Gasteiger partial charge is 0.138 e. The van der Waals surface area contributed by atoms with Crippen molar-refractivity contribution in [1.82, 2.24) is 9.97 Å². The number of hydrogen-bond acceptors (Lipinski definition) is 4. The zero-order valence-electron chi connectivity index (χ0n) is 12.2. The normalized spacial score (nSPS) is 19.1. The Labute approximate surface area is 129 Å². The summed E-state index contributed by atoms with van der Waals surface area (Å²) in [6.45, 7) is 5.27. The third-order valence-electron chi connectivity index (χ3n) is 4.27. The molecule has 21 heavy (non-hydrogen) atoms. The van der Waals surface area contributed by atoms with Crippen LogP contribution in [0.25, 0.3) is 10.8 Å². The zero-order valence-corrected chi connectivity index (χ0v) is 12.9. The largest absolute Gasteiger partial charge is 0.353 e. The van der Waals surface area contributed by atoms with Gasteiger partial charge in [0.15, 0.2) is 0 Å². The van der Waals surface area contributed by atoms with E-state index in [9.17, 15) is 0 Å². The first kappa shape index (κ1) is 14.1. The van der Waals surface area contributed by atoms with Crippen molar-refractivity contribution in [2.45, 2.75) is 38.6 Å². The van der Waals surface area contributed by atoms with Crippen molar-refractivity contribution in [1.29, 1.82) is 5.26 Å². The molecule has 1 fully saturated rings. The molecule has 5 heteroatoms. The Morgan fingerprint density at radius 1 is 1.43 bits per heavy atom. The summed E-state index contributed by atoms with van der Waals surface area (Å²) in [4.78, 5) is 11.1. The molecule has 1 saturated heterocycles. The van der Waals surface area contributed by atoms with E-state index in [4.69, 9.17) is 16.9 Å². The van der Waals surface area contributed by atoms with Crippen LogP contribution in [0.1, 0.15) is 38.2 Å². The van der Waals surface area contributed by atoms with Crippen molar-refractivity contribution in [3.8, 4) is 6.07 Å². The molecule has 0 radical (unpaired) electrons. The maximum Gasteiger partial charge on any atom is 0.138 e. The zero-order chi connectivity index (χ0) is 15.0. The summed E-state index contributed by atoms with van der Waals surface area (Å²) in [6.07, 6.45) is 5.35. The number of nitriles is 1. The lowest BCUT2D eigenvalue weighted by Crippen LogP contribution is -2.46. The summed E-state index contributed by atoms with van der Waals surface area (Å²) >= 11 is 6.07. The molecule has 3 heterocycles. The number of nitrogens with zero attached hydrogens (tertiary/aromatic N) is 4. The van der Waals surface area contributed by atoms with Crippen LogP contribution in [-0.2, 0) is 0 Å². The van der Waals surface area contributed by atoms with Crippen LogP contribution in [0.3, 0.4) is 0 Å². The van der Waals surface area contributed by atoms with Crippen LogP contribution in [-0.4, -0.2) is 22.6 Å². The van der Waals surface area contributed by atoms with E-state index in [2.05, 4.69) is 27.9 Å². The minimum absolute atomic E-state index is 0.131. The molecule has 0 spiro atoms. The molecule has 0 amide bonds. The third-order valence-corrected chi connectivity index (χ3v) is 4.48. The second-order valence-electron chi connectivity index (χ2n) is 5.68. The van der Waals surface area contributed by atoms with Gasteiger partial charge in [-0.3, -0.25) is 0 Å². The average Bonchev–Trinajstić information content (AvgIpc) is 2.45. The molecule has 0 aliphatic carbocycles. The molecule has 1 aliphatic heterocycles. The second-order valence-corrected chi connectivity index (χ2v) is 6.07. The number of halogens is 1. The Balaban J connectivity index is 2.17. The second kappa shape index (κ2) is 5.50. The van der Waals surface area contributed by atoms with Gasteiger partial charge in [0.2, 0.25) is 0 Å². The monoisotopic (exact) mass is 300 g/mol. The van der Waals surface area contributed by atoms with Gasteiger partial charge in [0, 0.05) is 36.8 Å². The van der Waals surface area contributed by atoms with E-state index in [-0.39, 0.29) is 5.92 Å². The fourth-order valence-corrected chi connectivity index (χ4v) is 2.97. The van der Waals surface area contributed by atoms with Crippen molar-refractivity contribution in [3.05, 3.63) is 29.2 Å². The van der Waals surface area contributed by atoms with Crippen LogP contribution in [0, 0.1) is 11.3 Å². The van der Waals surface area contributed by atoms with E-state index < -0.39 is 0 Å². The predicted octanol–water partition coefficient (Wildman–Crippen LogP) is 3.90. The first-order chi connectivity index (χ1) is 10.1. The summed E-state index contributed by atoms with van der Waals surface area (Å²) < 4.78 is 0. The lowest BCUT2D eigenvalue weighted by Gasteiger charge is -2.40. The van der Waals surface area contributed by atoms with Crippen LogP contribution in [0.2, 0.25) is 5.15 Å². The number of aromatic nitrogens is 2. The Morgan fingerprint density at radius 2 is 2.24 bits per heavy atom. The molecule has 3 rings (SSSR count). The maximum atomic E-state index is 8.93. The van der Waals surface area contributed by atoms with Crippen molar-refractivity contribution in [3.63, 3.8) is 0 Å². The molecule has 1 aliphatic rings. The van der Waals surface area contributed by atoms with E-state index in [0.717, 1.165) is 28.7 Å². The number of fused-ring (bicyclic) bond motifs is 1. The topological polar surface area (TPSA) is 52.8 Å². The molecule has 0 N–H and O–H groups in total. The molecule has 0 bridgehead atoms. The Kier molecular flexibility index (Phi) is 3.69. The number of anilines is 1. The molecule has 2 aromatic rings. The van der Waals surface area contributed by atoms with E-state index in [0.29, 0.717) is 17.6 Å². The molecule has 1 unspecified atom stereocenters. The van der Waals surface area contributed by atoms with E-state index >= 15 is 0 Å². The Bertz CT molecular complexity index is 722. The number of pyridine rings is 2. The summed E-state index contributed by atoms with van der Waals surface area (Å²) in [6, 6.07) is 4.62. The van der Waals surface area contributed by atoms with Gasteiger partial charge >= 0.3 is 0 Å². The molecule has 0 aromatic carbocycles. The standard InChI is InChI=1S/C16H17ClN4/c1-10(3-5-18)13-8-20-16(21-6-4-11(21)2)14-9-19-15(17)7-12(13)14/h7-11H,3-4,6H2,1-2H3/t10?,11-/m1/s1. The Hall–Kier alpha value is -1.86. The van der Waals surface area contributed by atoms with Crippen LogP contribution < -0.4 is 4.90 Å². The van der Waals surface area contributed by atoms with Crippen molar-refractivity contribution >= 4 is 28.2 Å². The Morgan fingerprint density at radius 3 is 2.86 bits per heavy atom. The summed E-state index contributed by atoms with van der Waals surface area (Å²) in [7, 11) is 0. The van der Waals surface area contributed by atoms with Crippen LogP contribution in [0.15, 0.2) is 18.5 Å². The first-order valence-electron chi connectivity index (χ1n) is 7.19. The molecular formula is C16H17ClN4. The van der Waals surface area contributed by atoms with Gasteiger partial charge in [-0.2, -0.15) is 5.26 Å². The number of rotatable bonds is 3. The summed E-state index contributed by atoms with van der Waals surface area (Å²) in [5, 5.41) is 11.5. The molecular weight excluding hydrogens is 284 g/mol. The van der Waals surface area contributed by atoms with Crippen LogP contribution >= 0.6 is 11.6 Å². The lowest BCUT2D eigenvalue weighted by atomic mass is 9.94. The highest BCUT2D eigenvalue weighted by Crippen LogP contribution is 2.35. The van der Waals surface area contributed by atoms with E-state index in [1.54, 1.807) is 6.20 Å². The van der Waals surface area contributed by atoms with Gasteiger partial charge in [-0.15, -0.1) is 0 Å². The van der Waals surface area contributed by atoms with Gasteiger partial charge in [0.05, 0.1) is 6.07 Å². The van der Waals surface area contributed by atoms with Gasteiger partial charge in [-0.1, -0.05) is 18.5 Å². The third kappa shape index (κ3) is 2.43. The fraction of sp³-hybridized carbons (Fsp3) is 0.438. The molecule has 2 atom stereocenters. The van der Waals surface area contributed by atoms with Crippen molar-refractivity contribution in [2.75, 3.05) is 11.4 Å². The van der Waals surface area contributed by atoms with Gasteiger partial charge in [-0.05, 0) is 36.3 Å². The summed E-state index contributed by atoms with van der Waals surface area (Å²) in [5.74, 6) is 1.10. The SMILES string of the molecule is CC(CC#N)c1cnc(N2CC[C@H]2C)c2cnc(Cl)cc12. The molecule has 2 aromatic heterocycles. The highest BCUT2D eigenvalue weighted by atomic mass is 35.5. The fourth-order valence-electron chi connectivity index (χ4n) is 2.82. The van der Waals surface area contributed by atoms with Crippen molar-refractivity contribution < 1.29 is 0 Å². The van der Waals surface area contributed by atoms with E-state index in [1.807, 2.05) is 19.2 Å². The van der Waals surface area contributed by atoms with Gasteiger partial charge in [0.1, 0.15) is 11.0 Å². The van der Waals surface area contributed by atoms with Crippen LogP contribution in [0.5, 0.6) is 0 Å². The van der Waals surface area contributed by atoms with Gasteiger partial charge in [0.25, 0.3) is 0 Å². The van der Waals surface area contributed by atoms with E-state index in [1.165, 1.54) is 6.42 Å². The minimum Gasteiger partial charge on any atom is -0.353 e. The highest BCUT2D eigenvalue weighted by molar-refractivity contribution is 6.30. The molecule has 4 nitrogen and oxygen atoms in total.